The van der Waals surface area contributed by atoms with Crippen LogP contribution in [0.5, 0.6) is 0 Å². The van der Waals surface area contributed by atoms with E-state index in [1.807, 2.05) is 18.3 Å². The Labute approximate surface area is 219 Å². The molecular weight excluding hydrogens is 460 g/mol. The summed E-state index contributed by atoms with van der Waals surface area (Å²) in [5.41, 5.74) is 3.69. The first-order valence-corrected chi connectivity index (χ1v) is 13.9. The number of piperidine rings is 1. The summed E-state index contributed by atoms with van der Waals surface area (Å²) >= 11 is 0. The van der Waals surface area contributed by atoms with Crippen molar-refractivity contribution in [3.8, 4) is 0 Å². The number of rotatable bonds is 8. The number of nitrogens with one attached hydrogen (secondary N) is 1. The third-order valence-electron chi connectivity index (χ3n) is 8.59. The highest BCUT2D eigenvalue weighted by Gasteiger charge is 2.35. The van der Waals surface area contributed by atoms with E-state index in [4.69, 9.17) is 4.98 Å². The highest BCUT2D eigenvalue weighted by atomic mass is 16.2. The molecule has 37 heavy (non-hydrogen) atoms. The molecule has 0 saturated carbocycles. The third kappa shape index (κ3) is 4.92. The van der Waals surface area contributed by atoms with Crippen molar-refractivity contribution in [2.75, 3.05) is 26.2 Å². The summed E-state index contributed by atoms with van der Waals surface area (Å²) in [5.74, 6) is 0.909. The first kappa shape index (κ1) is 24.3. The largest absolute Gasteiger partial charge is 0.312 e. The Morgan fingerprint density at radius 3 is 2.57 bits per heavy atom. The van der Waals surface area contributed by atoms with Crippen molar-refractivity contribution < 1.29 is 9.59 Å². The van der Waals surface area contributed by atoms with Crippen LogP contribution in [0.2, 0.25) is 0 Å². The first-order chi connectivity index (χ1) is 18.2. The van der Waals surface area contributed by atoms with Gasteiger partial charge in [0, 0.05) is 31.9 Å². The molecule has 6 rings (SSSR count). The van der Waals surface area contributed by atoms with Gasteiger partial charge in [0.25, 0.3) is 11.8 Å². The Balaban J connectivity index is 1.12. The third-order valence-corrected chi connectivity index (χ3v) is 8.59. The van der Waals surface area contributed by atoms with E-state index < -0.39 is 0 Å². The van der Waals surface area contributed by atoms with Crippen molar-refractivity contribution >= 4 is 11.8 Å². The zero-order valence-corrected chi connectivity index (χ0v) is 21.4. The highest BCUT2D eigenvalue weighted by Crippen LogP contribution is 2.35. The second kappa shape index (κ2) is 10.7. The fourth-order valence-corrected chi connectivity index (χ4v) is 6.65. The molecule has 1 aromatic carbocycles. The zero-order chi connectivity index (χ0) is 25.2. The number of unbranched alkanes of at least 4 members (excludes halogenated alkanes) is 1. The summed E-state index contributed by atoms with van der Waals surface area (Å²) in [4.78, 5) is 34.4. The predicted molar refractivity (Wildman–Crippen MR) is 144 cm³/mol. The van der Waals surface area contributed by atoms with Gasteiger partial charge in [-0.25, -0.2) is 0 Å². The van der Waals surface area contributed by atoms with Crippen LogP contribution in [0, 0.1) is 11.8 Å². The number of hydrogen-bond acceptors (Lipinski definition) is 5. The van der Waals surface area contributed by atoms with Gasteiger partial charge in [0.2, 0.25) is 0 Å². The Morgan fingerprint density at radius 1 is 0.973 bits per heavy atom. The van der Waals surface area contributed by atoms with Gasteiger partial charge >= 0.3 is 0 Å². The number of imide groups is 1. The topological polar surface area (TPSA) is 65.5 Å². The number of nitrogens with zero attached hydrogens (tertiary/aromatic N) is 3. The maximum atomic E-state index is 12.8. The molecule has 0 radical (unpaired) electrons. The number of aryl methyl sites for hydroxylation is 1. The molecule has 6 nitrogen and oxygen atoms in total. The van der Waals surface area contributed by atoms with Crippen LogP contribution in [-0.4, -0.2) is 58.8 Å². The molecule has 2 amide bonds. The molecule has 192 valence electrons. The van der Waals surface area contributed by atoms with E-state index in [0.717, 1.165) is 51.7 Å². The summed E-state index contributed by atoms with van der Waals surface area (Å²) in [6.45, 7) is 3.44. The molecule has 4 aliphatic rings. The van der Waals surface area contributed by atoms with Crippen LogP contribution in [0.4, 0.5) is 0 Å². The average Bonchev–Trinajstić information content (AvgIpc) is 3.19. The molecule has 4 unspecified atom stereocenters. The maximum absolute atomic E-state index is 12.8. The summed E-state index contributed by atoms with van der Waals surface area (Å²) < 4.78 is 0. The molecule has 1 aromatic heterocycles. The van der Waals surface area contributed by atoms with Crippen LogP contribution in [0.15, 0.2) is 66.9 Å². The Kier molecular flexibility index (Phi) is 7.03. The first-order valence-electron chi connectivity index (χ1n) is 13.9. The van der Waals surface area contributed by atoms with Gasteiger partial charge in [0.1, 0.15) is 0 Å². The maximum Gasteiger partial charge on any atom is 0.261 e. The minimum absolute atomic E-state index is 0.154. The number of carbonyl (C=O) groups excluding carboxylic acids is 2. The number of hydrogen-bond donors (Lipinski definition) is 1. The molecule has 1 saturated heterocycles. The lowest BCUT2D eigenvalue weighted by molar-refractivity contribution is 0.0648. The molecule has 0 spiro atoms. The molecule has 0 bridgehead atoms. The fourth-order valence-electron chi connectivity index (χ4n) is 6.65. The number of aromatic nitrogens is 1. The van der Waals surface area contributed by atoms with Crippen molar-refractivity contribution in [1.82, 2.24) is 20.1 Å². The van der Waals surface area contributed by atoms with Crippen LogP contribution in [0.1, 0.15) is 70.1 Å². The smallest absolute Gasteiger partial charge is 0.261 e. The summed E-state index contributed by atoms with van der Waals surface area (Å²) in [6.07, 6.45) is 17.3. The number of carbonyl (C=O) groups is 2. The van der Waals surface area contributed by atoms with Crippen molar-refractivity contribution in [2.45, 2.75) is 50.6 Å². The average molecular weight is 497 g/mol. The zero-order valence-electron chi connectivity index (χ0n) is 21.4. The second-order valence-electron chi connectivity index (χ2n) is 10.9. The molecule has 2 aromatic rings. The van der Waals surface area contributed by atoms with E-state index >= 15 is 0 Å². The van der Waals surface area contributed by atoms with Gasteiger partial charge in [-0.1, -0.05) is 42.5 Å². The minimum Gasteiger partial charge on any atom is -0.312 e. The van der Waals surface area contributed by atoms with Crippen molar-refractivity contribution in [3.05, 3.63) is 89.3 Å². The van der Waals surface area contributed by atoms with Crippen LogP contribution < -0.4 is 5.32 Å². The van der Waals surface area contributed by atoms with Gasteiger partial charge in [0.05, 0.1) is 22.9 Å². The van der Waals surface area contributed by atoms with E-state index in [2.05, 4.69) is 46.7 Å². The van der Waals surface area contributed by atoms with E-state index in [1.54, 1.807) is 12.1 Å². The standard InChI is InChI=1S/C31H36N4O2/c36-30-26-13-3-4-14-27(26)31(37)35(30)18-6-5-17-34(28-15-7-11-22-12-8-16-32-29(22)28)21-25-19-23-9-1-2-10-24(23)20-33-25/h1-4,8-10,12-14,16,23-25,28,33H,5-7,11,15,17-21H2. The number of benzene rings is 1. The summed E-state index contributed by atoms with van der Waals surface area (Å²) in [5, 5.41) is 3.82. The van der Waals surface area contributed by atoms with Crippen LogP contribution in [0.25, 0.3) is 0 Å². The van der Waals surface area contributed by atoms with Gasteiger partial charge in [-0.2, -0.15) is 0 Å². The molecule has 1 fully saturated rings. The number of fused-ring (bicyclic) bond motifs is 3. The van der Waals surface area contributed by atoms with Crippen molar-refractivity contribution in [1.29, 1.82) is 0 Å². The van der Waals surface area contributed by atoms with Crippen LogP contribution in [0.3, 0.4) is 0 Å². The fraction of sp³-hybridized carbons (Fsp3) is 0.452. The van der Waals surface area contributed by atoms with Gasteiger partial charge < -0.3 is 5.32 Å². The SMILES string of the molecule is O=C1c2ccccc2C(=O)N1CCCCN(CC1CC2C=CC=CC2CN1)C1CCCc2cccnc21. The molecule has 6 heteroatoms. The Morgan fingerprint density at radius 2 is 1.76 bits per heavy atom. The monoisotopic (exact) mass is 496 g/mol. The lowest BCUT2D eigenvalue weighted by atomic mass is 9.80. The molecule has 2 aliphatic heterocycles. The molecular formula is C31H36N4O2. The molecule has 1 N–H and O–H groups in total. The quantitative estimate of drug-likeness (QED) is 0.429. The summed E-state index contributed by atoms with van der Waals surface area (Å²) in [6, 6.07) is 12.2. The van der Waals surface area contributed by atoms with Gasteiger partial charge in [-0.15, -0.1) is 0 Å². The molecule has 4 atom stereocenters. The van der Waals surface area contributed by atoms with E-state index in [-0.39, 0.29) is 11.8 Å². The van der Waals surface area contributed by atoms with Crippen molar-refractivity contribution in [3.63, 3.8) is 0 Å². The van der Waals surface area contributed by atoms with Gasteiger partial charge in [0.15, 0.2) is 0 Å². The van der Waals surface area contributed by atoms with E-state index in [1.165, 1.54) is 22.6 Å². The van der Waals surface area contributed by atoms with Gasteiger partial charge in [-0.05, 0) is 80.7 Å². The van der Waals surface area contributed by atoms with E-state index in [9.17, 15) is 9.59 Å². The van der Waals surface area contributed by atoms with Crippen molar-refractivity contribution in [2.24, 2.45) is 11.8 Å². The molecule has 3 heterocycles. The minimum atomic E-state index is -0.154. The number of pyridine rings is 1. The normalized spacial score (nSPS) is 26.4. The Hall–Kier alpha value is -3.09. The van der Waals surface area contributed by atoms with Crippen LogP contribution >= 0.6 is 0 Å². The van der Waals surface area contributed by atoms with E-state index in [0.29, 0.717) is 41.6 Å². The lowest BCUT2D eigenvalue weighted by Gasteiger charge is -2.41. The number of amides is 2. The lowest BCUT2D eigenvalue weighted by Crippen LogP contribution is -2.50. The Bertz CT molecular complexity index is 1190. The van der Waals surface area contributed by atoms with Gasteiger partial charge in [-0.3, -0.25) is 24.4 Å². The van der Waals surface area contributed by atoms with Crippen LogP contribution in [-0.2, 0) is 6.42 Å². The summed E-state index contributed by atoms with van der Waals surface area (Å²) in [7, 11) is 0. The highest BCUT2D eigenvalue weighted by molar-refractivity contribution is 6.21. The number of allylic oxidation sites excluding steroid dienone is 3. The predicted octanol–water partition coefficient (Wildman–Crippen LogP) is 4.56. The molecule has 2 aliphatic carbocycles. The second-order valence-corrected chi connectivity index (χ2v) is 10.9.